The molecule has 0 aromatic carbocycles. The van der Waals surface area contributed by atoms with Gasteiger partial charge >= 0.3 is 5.97 Å². The standard InChI is InChI=1S/C16H24N2O4/c1-3-7-13(16(21)22)17-14(19)9-4-5-10-18-11-6-8-12(2)15(18)20/h6,8,11,13H,3-5,7,9-10H2,1-2H3,(H,17,19)(H,21,22). The quantitative estimate of drug-likeness (QED) is 0.680. The monoisotopic (exact) mass is 308 g/mol. The Hall–Kier alpha value is -2.11. The van der Waals surface area contributed by atoms with E-state index in [1.807, 2.05) is 13.0 Å². The summed E-state index contributed by atoms with van der Waals surface area (Å²) in [7, 11) is 0. The summed E-state index contributed by atoms with van der Waals surface area (Å²) in [5.41, 5.74) is 0.685. The summed E-state index contributed by atoms with van der Waals surface area (Å²) in [6.45, 7) is 4.21. The van der Waals surface area contributed by atoms with Crippen LogP contribution in [0, 0.1) is 6.92 Å². The number of rotatable bonds is 9. The lowest BCUT2D eigenvalue weighted by Crippen LogP contribution is -2.40. The van der Waals surface area contributed by atoms with Crippen molar-refractivity contribution < 1.29 is 14.7 Å². The molecular formula is C16H24N2O4. The fourth-order valence-corrected chi connectivity index (χ4v) is 2.21. The predicted molar refractivity (Wildman–Crippen MR) is 83.8 cm³/mol. The van der Waals surface area contributed by atoms with Gasteiger partial charge in [-0.2, -0.15) is 0 Å². The van der Waals surface area contributed by atoms with E-state index in [1.54, 1.807) is 23.8 Å². The third-order valence-corrected chi connectivity index (χ3v) is 3.47. The van der Waals surface area contributed by atoms with Crippen molar-refractivity contribution in [3.8, 4) is 0 Å². The number of carboxylic acids is 1. The average molecular weight is 308 g/mol. The molecule has 0 saturated heterocycles. The lowest BCUT2D eigenvalue weighted by molar-refractivity contribution is -0.142. The van der Waals surface area contributed by atoms with E-state index in [2.05, 4.69) is 5.32 Å². The number of hydrogen-bond acceptors (Lipinski definition) is 3. The van der Waals surface area contributed by atoms with Crippen molar-refractivity contribution in [1.82, 2.24) is 9.88 Å². The SMILES string of the molecule is CCCC(NC(=O)CCCCn1cccc(C)c1=O)C(=O)O. The number of hydrogen-bond donors (Lipinski definition) is 2. The molecule has 0 fully saturated rings. The van der Waals surface area contributed by atoms with Crippen molar-refractivity contribution in [3.05, 3.63) is 34.2 Å². The third kappa shape index (κ3) is 5.71. The number of nitrogens with zero attached hydrogens (tertiary/aromatic N) is 1. The number of aromatic nitrogens is 1. The summed E-state index contributed by atoms with van der Waals surface area (Å²) < 4.78 is 1.63. The molecule has 6 heteroatoms. The number of pyridine rings is 1. The Labute approximate surface area is 130 Å². The molecule has 1 aromatic rings. The molecule has 122 valence electrons. The van der Waals surface area contributed by atoms with E-state index in [4.69, 9.17) is 5.11 Å². The molecule has 1 rings (SSSR count). The second kappa shape index (κ2) is 9.02. The van der Waals surface area contributed by atoms with E-state index in [0.29, 0.717) is 37.8 Å². The molecule has 0 bridgehead atoms. The third-order valence-electron chi connectivity index (χ3n) is 3.47. The normalized spacial score (nSPS) is 11.9. The van der Waals surface area contributed by atoms with Crippen LogP contribution in [0.4, 0.5) is 0 Å². The molecule has 0 aliphatic heterocycles. The molecule has 0 aliphatic rings. The summed E-state index contributed by atoms with van der Waals surface area (Å²) >= 11 is 0. The Morgan fingerprint density at radius 3 is 2.73 bits per heavy atom. The average Bonchev–Trinajstić information content (AvgIpc) is 2.47. The Kier molecular flexibility index (Phi) is 7.36. The van der Waals surface area contributed by atoms with Gasteiger partial charge in [-0.15, -0.1) is 0 Å². The molecule has 1 atom stereocenters. The highest BCUT2D eigenvalue weighted by Crippen LogP contribution is 2.02. The van der Waals surface area contributed by atoms with Crippen LogP contribution in [0.5, 0.6) is 0 Å². The minimum Gasteiger partial charge on any atom is -0.480 e. The molecule has 1 heterocycles. The zero-order valence-electron chi connectivity index (χ0n) is 13.2. The molecule has 0 radical (unpaired) electrons. The largest absolute Gasteiger partial charge is 0.480 e. The maximum atomic E-state index is 11.8. The molecule has 0 spiro atoms. The molecule has 0 aliphatic carbocycles. The summed E-state index contributed by atoms with van der Waals surface area (Å²) in [6.07, 6.45) is 4.45. The van der Waals surface area contributed by atoms with Crippen molar-refractivity contribution in [2.24, 2.45) is 0 Å². The van der Waals surface area contributed by atoms with Gasteiger partial charge in [0.05, 0.1) is 0 Å². The second-order valence-electron chi connectivity index (χ2n) is 5.39. The first-order chi connectivity index (χ1) is 10.5. The smallest absolute Gasteiger partial charge is 0.326 e. The van der Waals surface area contributed by atoms with Gasteiger partial charge in [0.15, 0.2) is 0 Å². The molecule has 1 amide bonds. The molecular weight excluding hydrogens is 284 g/mol. The topological polar surface area (TPSA) is 88.4 Å². The van der Waals surface area contributed by atoms with Crippen LogP contribution in [-0.4, -0.2) is 27.6 Å². The van der Waals surface area contributed by atoms with E-state index < -0.39 is 12.0 Å². The van der Waals surface area contributed by atoms with E-state index in [1.165, 1.54) is 0 Å². The molecule has 1 unspecified atom stereocenters. The lowest BCUT2D eigenvalue weighted by atomic mass is 10.1. The number of amides is 1. The summed E-state index contributed by atoms with van der Waals surface area (Å²) in [5.74, 6) is -1.25. The van der Waals surface area contributed by atoms with Gasteiger partial charge in [-0.25, -0.2) is 4.79 Å². The molecule has 22 heavy (non-hydrogen) atoms. The van der Waals surface area contributed by atoms with E-state index in [-0.39, 0.29) is 17.9 Å². The summed E-state index contributed by atoms with van der Waals surface area (Å²) in [6, 6.07) is 2.79. The van der Waals surface area contributed by atoms with Crippen LogP contribution in [-0.2, 0) is 16.1 Å². The van der Waals surface area contributed by atoms with Crippen LogP contribution >= 0.6 is 0 Å². The summed E-state index contributed by atoms with van der Waals surface area (Å²) in [5, 5.41) is 11.5. The van der Waals surface area contributed by atoms with Gasteiger partial charge in [-0.1, -0.05) is 19.4 Å². The first-order valence-electron chi connectivity index (χ1n) is 7.64. The van der Waals surface area contributed by atoms with Crippen LogP contribution < -0.4 is 10.9 Å². The minimum absolute atomic E-state index is 0.0131. The number of carbonyl (C=O) groups excluding carboxylic acids is 1. The lowest BCUT2D eigenvalue weighted by Gasteiger charge is -2.13. The number of aryl methyl sites for hydroxylation is 2. The van der Waals surface area contributed by atoms with E-state index in [0.717, 1.165) is 0 Å². The van der Waals surface area contributed by atoms with Crippen LogP contribution in [0.25, 0.3) is 0 Å². The molecule has 6 nitrogen and oxygen atoms in total. The maximum Gasteiger partial charge on any atom is 0.326 e. The fourth-order valence-electron chi connectivity index (χ4n) is 2.21. The number of nitrogens with one attached hydrogen (secondary N) is 1. The highest BCUT2D eigenvalue weighted by Gasteiger charge is 2.18. The first kappa shape index (κ1) is 17.9. The van der Waals surface area contributed by atoms with Gasteiger partial charge in [0, 0.05) is 24.7 Å². The maximum absolute atomic E-state index is 11.8. The molecule has 2 N–H and O–H groups in total. The zero-order chi connectivity index (χ0) is 16.5. The van der Waals surface area contributed by atoms with Gasteiger partial charge in [0.2, 0.25) is 5.91 Å². The summed E-state index contributed by atoms with van der Waals surface area (Å²) in [4.78, 5) is 34.5. The van der Waals surface area contributed by atoms with Crippen LogP contribution in [0.2, 0.25) is 0 Å². The Bertz CT molecular complexity index is 566. The Morgan fingerprint density at radius 2 is 2.09 bits per heavy atom. The van der Waals surface area contributed by atoms with Crippen molar-refractivity contribution in [2.45, 2.75) is 58.5 Å². The highest BCUT2D eigenvalue weighted by molar-refractivity contribution is 5.83. The molecule has 1 aromatic heterocycles. The number of carboxylic acid groups (broad SMARTS) is 1. The fraction of sp³-hybridized carbons (Fsp3) is 0.562. The second-order valence-corrected chi connectivity index (χ2v) is 5.39. The first-order valence-corrected chi connectivity index (χ1v) is 7.64. The minimum atomic E-state index is -0.999. The molecule has 0 saturated carbocycles. The number of aliphatic carboxylic acids is 1. The van der Waals surface area contributed by atoms with Gasteiger partial charge in [-0.3, -0.25) is 9.59 Å². The van der Waals surface area contributed by atoms with Crippen LogP contribution in [0.1, 0.15) is 44.6 Å². The van der Waals surface area contributed by atoms with Gasteiger partial charge in [0.1, 0.15) is 6.04 Å². The zero-order valence-corrected chi connectivity index (χ0v) is 13.2. The highest BCUT2D eigenvalue weighted by atomic mass is 16.4. The van der Waals surface area contributed by atoms with Crippen LogP contribution in [0.15, 0.2) is 23.1 Å². The van der Waals surface area contributed by atoms with E-state index in [9.17, 15) is 14.4 Å². The number of unbranched alkanes of at least 4 members (excludes halogenated alkanes) is 1. The van der Waals surface area contributed by atoms with Crippen molar-refractivity contribution in [2.75, 3.05) is 0 Å². The van der Waals surface area contributed by atoms with Crippen molar-refractivity contribution >= 4 is 11.9 Å². The van der Waals surface area contributed by atoms with E-state index >= 15 is 0 Å². The van der Waals surface area contributed by atoms with Crippen molar-refractivity contribution in [1.29, 1.82) is 0 Å². The Balaban J connectivity index is 2.35. The van der Waals surface area contributed by atoms with Gasteiger partial charge in [-0.05, 0) is 32.3 Å². The van der Waals surface area contributed by atoms with Crippen LogP contribution in [0.3, 0.4) is 0 Å². The predicted octanol–water partition coefficient (Wildman–Crippen LogP) is 1.70. The van der Waals surface area contributed by atoms with Crippen molar-refractivity contribution in [3.63, 3.8) is 0 Å². The van der Waals surface area contributed by atoms with Gasteiger partial charge in [0.25, 0.3) is 5.56 Å². The number of carbonyl (C=O) groups is 2. The van der Waals surface area contributed by atoms with Gasteiger partial charge < -0.3 is 15.0 Å². The Morgan fingerprint density at radius 1 is 1.36 bits per heavy atom.